The summed E-state index contributed by atoms with van der Waals surface area (Å²) in [5.74, 6) is -1.69. The van der Waals surface area contributed by atoms with Gasteiger partial charge in [0.05, 0.1) is 4.92 Å². The summed E-state index contributed by atoms with van der Waals surface area (Å²) >= 11 is 0. The van der Waals surface area contributed by atoms with E-state index in [1.165, 1.54) is 24.3 Å². The smallest absolute Gasteiger partial charge is 0.313 e. The summed E-state index contributed by atoms with van der Waals surface area (Å²) in [7, 11) is 0. The standard InChI is InChI=1S/C15H13N3O4/c19-14(16-10-11-5-2-1-3-6-11)15(20)17-12-7-4-8-13(9-12)18(21)22/h1-9H,10H2,(H,16,19)(H,17,20). The highest BCUT2D eigenvalue weighted by molar-refractivity contribution is 6.39. The maximum absolute atomic E-state index is 11.7. The van der Waals surface area contributed by atoms with Gasteiger partial charge in [-0.25, -0.2) is 0 Å². The fourth-order valence-corrected chi connectivity index (χ4v) is 1.74. The third-order valence-corrected chi connectivity index (χ3v) is 2.82. The van der Waals surface area contributed by atoms with Crippen LogP contribution in [0, 0.1) is 10.1 Å². The van der Waals surface area contributed by atoms with Gasteiger partial charge in [0.1, 0.15) is 0 Å². The van der Waals surface area contributed by atoms with Crippen LogP contribution in [0.4, 0.5) is 11.4 Å². The largest absolute Gasteiger partial charge is 0.344 e. The van der Waals surface area contributed by atoms with Crippen LogP contribution in [0.1, 0.15) is 5.56 Å². The molecule has 2 N–H and O–H groups in total. The van der Waals surface area contributed by atoms with Gasteiger partial charge in [0.25, 0.3) is 5.69 Å². The minimum absolute atomic E-state index is 0.164. The van der Waals surface area contributed by atoms with Crippen molar-refractivity contribution in [1.29, 1.82) is 0 Å². The molecule has 0 aliphatic carbocycles. The maximum Gasteiger partial charge on any atom is 0.313 e. The Bertz CT molecular complexity index is 701. The monoisotopic (exact) mass is 299 g/mol. The lowest BCUT2D eigenvalue weighted by molar-refractivity contribution is -0.384. The number of nitro groups is 1. The summed E-state index contributed by atoms with van der Waals surface area (Å²) in [4.78, 5) is 33.5. The van der Waals surface area contributed by atoms with Crippen LogP contribution in [0.15, 0.2) is 54.6 Å². The number of nitrogens with one attached hydrogen (secondary N) is 2. The van der Waals surface area contributed by atoms with Crippen molar-refractivity contribution in [3.8, 4) is 0 Å². The molecule has 0 aliphatic heterocycles. The number of carbonyl (C=O) groups is 2. The van der Waals surface area contributed by atoms with Crippen LogP contribution in [0.3, 0.4) is 0 Å². The quantitative estimate of drug-likeness (QED) is 0.511. The number of carbonyl (C=O) groups excluding carboxylic acids is 2. The molecule has 2 aromatic rings. The lowest BCUT2D eigenvalue weighted by Crippen LogP contribution is -2.34. The van der Waals surface area contributed by atoms with Crippen molar-refractivity contribution in [3.05, 3.63) is 70.3 Å². The van der Waals surface area contributed by atoms with Gasteiger partial charge in [-0.15, -0.1) is 0 Å². The van der Waals surface area contributed by atoms with Gasteiger partial charge in [-0.2, -0.15) is 0 Å². The van der Waals surface area contributed by atoms with Crippen molar-refractivity contribution in [2.24, 2.45) is 0 Å². The summed E-state index contributed by atoms with van der Waals surface area (Å²) in [6, 6.07) is 14.5. The molecule has 2 rings (SSSR count). The molecule has 0 saturated carbocycles. The Balaban J connectivity index is 1.92. The number of non-ortho nitro benzene ring substituents is 1. The molecule has 0 atom stereocenters. The highest BCUT2D eigenvalue weighted by Crippen LogP contribution is 2.16. The first-order valence-corrected chi connectivity index (χ1v) is 6.44. The fourth-order valence-electron chi connectivity index (χ4n) is 1.74. The Morgan fingerprint density at radius 1 is 1.00 bits per heavy atom. The van der Waals surface area contributed by atoms with E-state index >= 15 is 0 Å². The summed E-state index contributed by atoms with van der Waals surface area (Å²) < 4.78 is 0. The molecule has 0 aromatic heterocycles. The Morgan fingerprint density at radius 2 is 1.73 bits per heavy atom. The number of amides is 2. The lowest BCUT2D eigenvalue weighted by Gasteiger charge is -2.06. The number of rotatable bonds is 4. The molecule has 2 aromatic carbocycles. The van der Waals surface area contributed by atoms with E-state index in [0.717, 1.165) is 5.56 Å². The molecule has 0 aliphatic rings. The number of nitrogens with zero attached hydrogens (tertiary/aromatic N) is 1. The summed E-state index contributed by atoms with van der Waals surface area (Å²) in [5.41, 5.74) is 0.885. The highest BCUT2D eigenvalue weighted by Gasteiger charge is 2.14. The molecule has 0 radical (unpaired) electrons. The van der Waals surface area contributed by atoms with E-state index in [1.54, 1.807) is 0 Å². The van der Waals surface area contributed by atoms with E-state index in [4.69, 9.17) is 0 Å². The van der Waals surface area contributed by atoms with Crippen LogP contribution in [-0.2, 0) is 16.1 Å². The Morgan fingerprint density at radius 3 is 2.41 bits per heavy atom. The van der Waals surface area contributed by atoms with Crippen molar-refractivity contribution in [1.82, 2.24) is 5.32 Å². The highest BCUT2D eigenvalue weighted by atomic mass is 16.6. The molecule has 112 valence electrons. The van der Waals surface area contributed by atoms with E-state index < -0.39 is 16.7 Å². The zero-order valence-electron chi connectivity index (χ0n) is 11.5. The molecule has 0 spiro atoms. The molecule has 7 nitrogen and oxygen atoms in total. The van der Waals surface area contributed by atoms with Crippen molar-refractivity contribution in [2.45, 2.75) is 6.54 Å². The molecule has 2 amide bonds. The Hall–Kier alpha value is -3.22. The summed E-state index contributed by atoms with van der Waals surface area (Å²) in [5, 5.41) is 15.4. The third-order valence-electron chi connectivity index (χ3n) is 2.82. The van der Waals surface area contributed by atoms with Crippen LogP contribution < -0.4 is 10.6 Å². The second kappa shape index (κ2) is 6.98. The second-order valence-corrected chi connectivity index (χ2v) is 4.43. The lowest BCUT2D eigenvalue weighted by atomic mass is 10.2. The van der Waals surface area contributed by atoms with Crippen LogP contribution in [0.2, 0.25) is 0 Å². The van der Waals surface area contributed by atoms with E-state index in [1.807, 2.05) is 30.3 Å². The van der Waals surface area contributed by atoms with Gasteiger partial charge in [0.2, 0.25) is 0 Å². The van der Waals surface area contributed by atoms with Crippen LogP contribution in [0.5, 0.6) is 0 Å². The predicted octanol–water partition coefficient (Wildman–Crippen LogP) is 1.85. The number of nitro benzene ring substituents is 1. The minimum Gasteiger partial charge on any atom is -0.344 e. The molecule has 0 heterocycles. The zero-order chi connectivity index (χ0) is 15.9. The first kappa shape index (κ1) is 15.2. The molecule has 0 bridgehead atoms. The number of hydrogen-bond acceptors (Lipinski definition) is 4. The van der Waals surface area contributed by atoms with Crippen molar-refractivity contribution in [3.63, 3.8) is 0 Å². The molecule has 0 saturated heterocycles. The predicted molar refractivity (Wildman–Crippen MR) is 80.0 cm³/mol. The van der Waals surface area contributed by atoms with Gasteiger partial charge >= 0.3 is 11.8 Å². The molecular formula is C15H13N3O4. The van der Waals surface area contributed by atoms with Gasteiger partial charge in [-0.1, -0.05) is 36.4 Å². The SMILES string of the molecule is O=C(NCc1ccccc1)C(=O)Nc1cccc([N+](=O)[O-])c1. The third kappa shape index (κ3) is 4.14. The van der Waals surface area contributed by atoms with E-state index in [9.17, 15) is 19.7 Å². The first-order chi connectivity index (χ1) is 10.6. The molecule has 22 heavy (non-hydrogen) atoms. The van der Waals surface area contributed by atoms with Crippen LogP contribution in [-0.4, -0.2) is 16.7 Å². The van der Waals surface area contributed by atoms with E-state index in [0.29, 0.717) is 0 Å². The van der Waals surface area contributed by atoms with Crippen LogP contribution >= 0.6 is 0 Å². The number of anilines is 1. The normalized spacial score (nSPS) is 9.82. The van der Waals surface area contributed by atoms with Crippen molar-refractivity contribution in [2.75, 3.05) is 5.32 Å². The number of benzene rings is 2. The van der Waals surface area contributed by atoms with Gasteiger partial charge in [0.15, 0.2) is 0 Å². The second-order valence-electron chi connectivity index (χ2n) is 4.43. The Kier molecular flexibility index (Phi) is 4.81. The van der Waals surface area contributed by atoms with Crippen molar-refractivity contribution < 1.29 is 14.5 Å². The first-order valence-electron chi connectivity index (χ1n) is 6.44. The van der Waals surface area contributed by atoms with Crippen LogP contribution in [0.25, 0.3) is 0 Å². The van der Waals surface area contributed by atoms with Gasteiger partial charge in [-0.3, -0.25) is 19.7 Å². The molecule has 0 fully saturated rings. The topological polar surface area (TPSA) is 101 Å². The average molecular weight is 299 g/mol. The average Bonchev–Trinajstić information content (AvgIpc) is 2.53. The summed E-state index contributed by atoms with van der Waals surface area (Å²) in [6.45, 7) is 0.224. The van der Waals surface area contributed by atoms with E-state index in [-0.39, 0.29) is 17.9 Å². The zero-order valence-corrected chi connectivity index (χ0v) is 11.5. The fraction of sp³-hybridized carbons (Fsp3) is 0.0667. The van der Waals surface area contributed by atoms with Gasteiger partial charge < -0.3 is 10.6 Å². The minimum atomic E-state index is -0.878. The number of hydrogen-bond donors (Lipinski definition) is 2. The van der Waals surface area contributed by atoms with Gasteiger partial charge in [-0.05, 0) is 11.6 Å². The maximum atomic E-state index is 11.7. The molecule has 7 heteroatoms. The molecule has 0 unspecified atom stereocenters. The van der Waals surface area contributed by atoms with E-state index in [2.05, 4.69) is 10.6 Å². The summed E-state index contributed by atoms with van der Waals surface area (Å²) in [6.07, 6.45) is 0. The van der Waals surface area contributed by atoms with Gasteiger partial charge in [0, 0.05) is 24.4 Å². The molecular weight excluding hydrogens is 286 g/mol. The Labute approximate surface area is 126 Å². The van der Waals surface area contributed by atoms with Crippen molar-refractivity contribution >= 4 is 23.2 Å².